The fraction of sp³-hybridized carbons (Fsp3) is 0.357. The summed E-state index contributed by atoms with van der Waals surface area (Å²) >= 11 is 3.36. The lowest BCUT2D eigenvalue weighted by Gasteiger charge is -2.07. The van der Waals surface area contributed by atoms with Gasteiger partial charge in [0.2, 0.25) is 5.91 Å². The number of hydrogen-bond acceptors (Lipinski definition) is 3. The number of hydrogen-bond donors (Lipinski definition) is 1. The molecule has 2 rings (SSSR count). The summed E-state index contributed by atoms with van der Waals surface area (Å²) in [7, 11) is 1.89. The van der Waals surface area contributed by atoms with Crippen LogP contribution in [0.5, 0.6) is 0 Å². The lowest BCUT2D eigenvalue weighted by molar-refractivity contribution is -0.116. The van der Waals surface area contributed by atoms with Crippen LogP contribution in [0.25, 0.3) is 11.4 Å². The first-order valence-electron chi connectivity index (χ1n) is 6.51. The second-order valence-electron chi connectivity index (χ2n) is 4.54. The molecular formula is C14H17BrN4O. The number of rotatable bonds is 6. The highest BCUT2D eigenvalue weighted by atomic mass is 79.9. The van der Waals surface area contributed by atoms with Crippen LogP contribution >= 0.6 is 15.9 Å². The van der Waals surface area contributed by atoms with Crippen molar-refractivity contribution in [2.24, 2.45) is 7.05 Å². The predicted octanol–water partition coefficient (Wildman–Crippen LogP) is 2.99. The molecule has 1 aromatic carbocycles. The fourth-order valence-electron chi connectivity index (χ4n) is 1.88. The molecule has 0 aliphatic heterocycles. The largest absolute Gasteiger partial charge is 0.326 e. The predicted molar refractivity (Wildman–Crippen MR) is 82.7 cm³/mol. The highest BCUT2D eigenvalue weighted by Gasteiger charge is 2.07. The first kappa shape index (κ1) is 14.7. The van der Waals surface area contributed by atoms with Crippen molar-refractivity contribution < 1.29 is 4.79 Å². The van der Waals surface area contributed by atoms with Crippen molar-refractivity contribution >= 4 is 27.5 Å². The second kappa shape index (κ2) is 7.19. The van der Waals surface area contributed by atoms with Crippen LogP contribution in [-0.4, -0.2) is 26.0 Å². The Morgan fingerprint density at radius 2 is 2.25 bits per heavy atom. The normalized spacial score (nSPS) is 10.5. The van der Waals surface area contributed by atoms with E-state index in [0.717, 1.165) is 35.2 Å². The number of nitrogens with one attached hydrogen (secondary N) is 1. The highest BCUT2D eigenvalue weighted by molar-refractivity contribution is 9.09. The van der Waals surface area contributed by atoms with E-state index in [-0.39, 0.29) is 5.91 Å². The fourth-order valence-corrected chi connectivity index (χ4v) is 2.28. The van der Waals surface area contributed by atoms with Gasteiger partial charge in [-0.1, -0.05) is 28.1 Å². The number of nitrogens with zero attached hydrogens (tertiary/aromatic N) is 3. The lowest BCUT2D eigenvalue weighted by atomic mass is 10.2. The number of amides is 1. The molecule has 0 atom stereocenters. The summed E-state index contributed by atoms with van der Waals surface area (Å²) in [5.74, 6) is 0.821. The van der Waals surface area contributed by atoms with Gasteiger partial charge in [-0.25, -0.2) is 0 Å². The van der Waals surface area contributed by atoms with Gasteiger partial charge in [-0.15, -0.1) is 10.2 Å². The number of unbranched alkanes of at least 4 members (excludes halogenated alkanes) is 1. The molecule has 0 spiro atoms. The van der Waals surface area contributed by atoms with E-state index < -0.39 is 0 Å². The molecule has 1 N–H and O–H groups in total. The van der Waals surface area contributed by atoms with Crippen LogP contribution < -0.4 is 5.32 Å². The molecule has 0 aliphatic carbocycles. The monoisotopic (exact) mass is 336 g/mol. The number of anilines is 1. The average Bonchev–Trinajstić information content (AvgIpc) is 2.85. The highest BCUT2D eigenvalue weighted by Crippen LogP contribution is 2.20. The van der Waals surface area contributed by atoms with Crippen molar-refractivity contribution in [1.82, 2.24) is 14.8 Å². The number of carbonyl (C=O) groups excluding carboxylic acids is 1. The van der Waals surface area contributed by atoms with Crippen LogP contribution in [0, 0.1) is 0 Å². The maximum Gasteiger partial charge on any atom is 0.224 e. The molecule has 1 heterocycles. The van der Waals surface area contributed by atoms with Crippen molar-refractivity contribution in [3.63, 3.8) is 0 Å². The minimum absolute atomic E-state index is 0.0427. The number of alkyl halides is 1. The summed E-state index contributed by atoms with van der Waals surface area (Å²) in [5, 5.41) is 11.8. The van der Waals surface area contributed by atoms with Crippen LogP contribution in [0.1, 0.15) is 19.3 Å². The molecule has 0 bridgehead atoms. The van der Waals surface area contributed by atoms with Gasteiger partial charge in [-0.3, -0.25) is 4.79 Å². The zero-order valence-electron chi connectivity index (χ0n) is 11.3. The Balaban J connectivity index is 2.03. The number of aromatic nitrogens is 3. The van der Waals surface area contributed by atoms with E-state index in [1.807, 2.05) is 35.9 Å². The zero-order valence-corrected chi connectivity index (χ0v) is 12.9. The topological polar surface area (TPSA) is 59.8 Å². The van der Waals surface area contributed by atoms with Crippen molar-refractivity contribution in [2.75, 3.05) is 10.6 Å². The minimum atomic E-state index is 0.0427. The molecule has 0 unspecified atom stereocenters. The van der Waals surface area contributed by atoms with Crippen molar-refractivity contribution in [1.29, 1.82) is 0 Å². The van der Waals surface area contributed by atoms with Gasteiger partial charge >= 0.3 is 0 Å². The van der Waals surface area contributed by atoms with Crippen LogP contribution in [-0.2, 0) is 11.8 Å². The number of halogens is 1. The minimum Gasteiger partial charge on any atom is -0.326 e. The van der Waals surface area contributed by atoms with Crippen molar-refractivity contribution in [3.05, 3.63) is 30.6 Å². The standard InChI is InChI=1S/C14H17BrN4O/c1-19-10-16-18-14(19)11-5-4-6-12(9-11)17-13(20)7-2-3-8-15/h4-6,9-10H,2-3,7-8H2,1H3,(H,17,20). The van der Waals surface area contributed by atoms with E-state index in [2.05, 4.69) is 31.4 Å². The maximum atomic E-state index is 11.8. The third-order valence-corrected chi connectivity index (χ3v) is 3.46. The smallest absolute Gasteiger partial charge is 0.224 e. The molecule has 0 saturated carbocycles. The quantitative estimate of drug-likeness (QED) is 0.651. The SMILES string of the molecule is Cn1cnnc1-c1cccc(NC(=O)CCCCBr)c1. The molecule has 0 radical (unpaired) electrons. The van der Waals surface area contributed by atoms with Crippen LogP contribution in [0.2, 0.25) is 0 Å². The molecule has 20 heavy (non-hydrogen) atoms. The summed E-state index contributed by atoms with van der Waals surface area (Å²) < 4.78 is 1.84. The molecule has 6 heteroatoms. The Morgan fingerprint density at radius 3 is 2.95 bits per heavy atom. The van der Waals surface area contributed by atoms with Gasteiger partial charge in [0.1, 0.15) is 6.33 Å². The molecule has 0 aliphatic rings. The molecule has 2 aromatic rings. The van der Waals surface area contributed by atoms with E-state index in [1.165, 1.54) is 0 Å². The van der Waals surface area contributed by atoms with Gasteiger partial charge in [-0.2, -0.15) is 0 Å². The molecule has 1 amide bonds. The van der Waals surface area contributed by atoms with E-state index in [9.17, 15) is 4.79 Å². The lowest BCUT2D eigenvalue weighted by Crippen LogP contribution is -2.11. The first-order chi connectivity index (χ1) is 9.70. The molecule has 106 valence electrons. The van der Waals surface area contributed by atoms with Gasteiger partial charge in [0, 0.05) is 30.0 Å². The maximum absolute atomic E-state index is 11.8. The van der Waals surface area contributed by atoms with Crippen molar-refractivity contribution in [3.8, 4) is 11.4 Å². The van der Waals surface area contributed by atoms with Crippen molar-refractivity contribution in [2.45, 2.75) is 19.3 Å². The second-order valence-corrected chi connectivity index (χ2v) is 5.33. The number of aryl methyl sites for hydroxylation is 1. The van der Waals surface area contributed by atoms with Gasteiger partial charge in [0.25, 0.3) is 0 Å². The molecule has 1 aromatic heterocycles. The van der Waals surface area contributed by atoms with Gasteiger partial charge < -0.3 is 9.88 Å². The van der Waals surface area contributed by atoms with Crippen LogP contribution in [0.4, 0.5) is 5.69 Å². The summed E-state index contributed by atoms with van der Waals surface area (Å²) in [6.07, 6.45) is 4.09. The molecule has 5 nitrogen and oxygen atoms in total. The van der Waals surface area contributed by atoms with Crippen LogP contribution in [0.3, 0.4) is 0 Å². The van der Waals surface area contributed by atoms with Gasteiger partial charge in [0.15, 0.2) is 5.82 Å². The Morgan fingerprint density at radius 1 is 1.40 bits per heavy atom. The number of benzene rings is 1. The zero-order chi connectivity index (χ0) is 14.4. The summed E-state index contributed by atoms with van der Waals surface area (Å²) in [5.41, 5.74) is 1.72. The first-order valence-corrected chi connectivity index (χ1v) is 7.63. The Hall–Kier alpha value is -1.69. The number of carbonyl (C=O) groups is 1. The van der Waals surface area contributed by atoms with Gasteiger partial charge in [-0.05, 0) is 25.0 Å². The summed E-state index contributed by atoms with van der Waals surface area (Å²) in [6.45, 7) is 0. The molecule has 0 saturated heterocycles. The summed E-state index contributed by atoms with van der Waals surface area (Å²) in [4.78, 5) is 11.8. The molecule has 0 fully saturated rings. The Bertz CT molecular complexity index is 582. The Kier molecular flexibility index (Phi) is 5.29. The Labute approximate surface area is 126 Å². The van der Waals surface area contributed by atoms with Crippen LogP contribution in [0.15, 0.2) is 30.6 Å². The van der Waals surface area contributed by atoms with Gasteiger partial charge in [0.05, 0.1) is 0 Å². The van der Waals surface area contributed by atoms with E-state index in [0.29, 0.717) is 6.42 Å². The summed E-state index contributed by atoms with van der Waals surface area (Å²) in [6, 6.07) is 7.64. The van der Waals surface area contributed by atoms with E-state index in [4.69, 9.17) is 0 Å². The third-order valence-electron chi connectivity index (χ3n) is 2.90. The van der Waals surface area contributed by atoms with E-state index in [1.54, 1.807) is 6.33 Å². The third kappa shape index (κ3) is 3.90. The van der Waals surface area contributed by atoms with E-state index >= 15 is 0 Å². The molecular weight excluding hydrogens is 320 g/mol. The average molecular weight is 337 g/mol.